The normalized spacial score (nSPS) is 11.7. The van der Waals surface area contributed by atoms with E-state index >= 15 is 0 Å². The monoisotopic (exact) mass is 429 g/mol. The van der Waals surface area contributed by atoms with Gasteiger partial charge in [-0.3, -0.25) is 14.9 Å². The standard InChI is InChI=1S/C20H14F3N5O3/c1-11-14-4-2-3-5-15(14)25-19-17(11)18(20(21,22)23)26-27(19)10-16(29)24-12-6-8-13(9-7-12)28(30)31/h2-9H,10H2,1H3,(H,24,29). The lowest BCUT2D eigenvalue weighted by Gasteiger charge is -2.08. The number of halogens is 3. The number of hydrogen-bond acceptors (Lipinski definition) is 5. The van der Waals surface area contributed by atoms with Crippen LogP contribution in [0.1, 0.15) is 11.3 Å². The fourth-order valence-corrected chi connectivity index (χ4v) is 3.36. The largest absolute Gasteiger partial charge is 0.435 e. The van der Waals surface area contributed by atoms with Gasteiger partial charge in [-0.05, 0) is 30.7 Å². The Morgan fingerprint density at radius 1 is 1.16 bits per heavy atom. The van der Waals surface area contributed by atoms with Crippen LogP contribution in [0.5, 0.6) is 0 Å². The molecule has 11 heteroatoms. The van der Waals surface area contributed by atoms with Gasteiger partial charge in [-0.2, -0.15) is 18.3 Å². The van der Waals surface area contributed by atoms with E-state index in [0.717, 1.165) is 4.68 Å². The Morgan fingerprint density at radius 2 is 1.84 bits per heavy atom. The van der Waals surface area contributed by atoms with Gasteiger partial charge >= 0.3 is 6.18 Å². The Morgan fingerprint density at radius 3 is 2.48 bits per heavy atom. The summed E-state index contributed by atoms with van der Waals surface area (Å²) in [6.45, 7) is 1.04. The number of non-ortho nitro benzene ring substituents is 1. The Hall–Kier alpha value is -4.02. The summed E-state index contributed by atoms with van der Waals surface area (Å²) in [6, 6.07) is 11.8. The number of para-hydroxylation sites is 1. The van der Waals surface area contributed by atoms with E-state index in [0.29, 0.717) is 16.5 Å². The third kappa shape index (κ3) is 3.77. The number of fused-ring (bicyclic) bond motifs is 2. The molecule has 0 unspecified atom stereocenters. The molecule has 0 aliphatic carbocycles. The van der Waals surface area contributed by atoms with E-state index in [-0.39, 0.29) is 22.4 Å². The first-order valence-corrected chi connectivity index (χ1v) is 9.02. The smallest absolute Gasteiger partial charge is 0.324 e. The number of nitrogens with one attached hydrogen (secondary N) is 1. The number of nitro groups is 1. The molecular weight excluding hydrogens is 415 g/mol. The topological polar surface area (TPSA) is 103 Å². The molecule has 1 N–H and O–H groups in total. The van der Waals surface area contributed by atoms with Crippen LogP contribution in [-0.2, 0) is 17.5 Å². The van der Waals surface area contributed by atoms with Crippen molar-refractivity contribution in [3.63, 3.8) is 0 Å². The molecule has 2 aromatic heterocycles. The van der Waals surface area contributed by atoms with Gasteiger partial charge in [0.1, 0.15) is 6.54 Å². The minimum Gasteiger partial charge on any atom is -0.324 e. The lowest BCUT2D eigenvalue weighted by molar-refractivity contribution is -0.384. The second-order valence-corrected chi connectivity index (χ2v) is 6.81. The summed E-state index contributed by atoms with van der Waals surface area (Å²) in [7, 11) is 0. The number of aryl methyl sites for hydroxylation is 1. The molecule has 0 saturated heterocycles. The number of nitro benzene ring substituents is 1. The van der Waals surface area contributed by atoms with Crippen molar-refractivity contribution >= 4 is 39.2 Å². The van der Waals surface area contributed by atoms with Gasteiger partial charge in [0.2, 0.25) is 5.91 Å². The number of rotatable bonds is 4. The molecule has 0 atom stereocenters. The quantitative estimate of drug-likeness (QED) is 0.381. The molecule has 4 rings (SSSR count). The van der Waals surface area contributed by atoms with Crippen molar-refractivity contribution in [2.45, 2.75) is 19.6 Å². The zero-order valence-corrected chi connectivity index (χ0v) is 16.0. The number of amides is 1. The van der Waals surface area contributed by atoms with Crippen LogP contribution in [0.4, 0.5) is 24.5 Å². The van der Waals surface area contributed by atoms with Crippen LogP contribution in [-0.4, -0.2) is 25.6 Å². The number of anilines is 1. The Labute approximate surface area is 172 Å². The lowest BCUT2D eigenvalue weighted by Crippen LogP contribution is -2.20. The maximum atomic E-state index is 13.6. The van der Waals surface area contributed by atoms with E-state index < -0.39 is 29.2 Å². The highest BCUT2D eigenvalue weighted by Gasteiger charge is 2.38. The maximum absolute atomic E-state index is 13.6. The summed E-state index contributed by atoms with van der Waals surface area (Å²) in [6.07, 6.45) is -4.73. The van der Waals surface area contributed by atoms with Crippen molar-refractivity contribution in [1.82, 2.24) is 14.8 Å². The average Bonchev–Trinajstić information content (AvgIpc) is 3.07. The van der Waals surface area contributed by atoms with E-state index in [2.05, 4.69) is 15.4 Å². The number of aromatic nitrogens is 3. The molecule has 0 saturated carbocycles. The summed E-state index contributed by atoms with van der Waals surface area (Å²) in [4.78, 5) is 26.9. The van der Waals surface area contributed by atoms with Crippen molar-refractivity contribution in [3.8, 4) is 0 Å². The predicted octanol–water partition coefficient (Wildman–Crippen LogP) is 4.46. The zero-order chi connectivity index (χ0) is 22.3. The van der Waals surface area contributed by atoms with Gasteiger partial charge < -0.3 is 5.32 Å². The highest BCUT2D eigenvalue weighted by molar-refractivity contribution is 5.98. The highest BCUT2D eigenvalue weighted by atomic mass is 19.4. The van der Waals surface area contributed by atoms with Gasteiger partial charge in [-0.15, -0.1) is 0 Å². The SMILES string of the molecule is Cc1c2ccccc2nc2c1c(C(F)(F)F)nn2CC(=O)Nc1ccc([N+](=O)[O-])cc1. The molecule has 158 valence electrons. The number of carbonyl (C=O) groups is 1. The van der Waals surface area contributed by atoms with E-state index in [1.165, 1.54) is 24.3 Å². The molecule has 1 amide bonds. The van der Waals surface area contributed by atoms with Crippen LogP contribution in [0, 0.1) is 17.0 Å². The highest BCUT2D eigenvalue weighted by Crippen LogP contribution is 2.37. The minimum atomic E-state index is -4.73. The Kier molecular flexibility index (Phi) is 4.80. The van der Waals surface area contributed by atoms with Gasteiger partial charge in [0.05, 0.1) is 15.8 Å². The molecule has 0 fully saturated rings. The van der Waals surface area contributed by atoms with Crippen molar-refractivity contribution in [3.05, 3.63) is 69.9 Å². The zero-order valence-electron chi connectivity index (χ0n) is 16.0. The Bertz CT molecular complexity index is 1330. The number of hydrogen-bond donors (Lipinski definition) is 1. The second-order valence-electron chi connectivity index (χ2n) is 6.81. The van der Waals surface area contributed by atoms with Crippen molar-refractivity contribution in [2.24, 2.45) is 0 Å². The fourth-order valence-electron chi connectivity index (χ4n) is 3.36. The third-order valence-corrected chi connectivity index (χ3v) is 4.76. The van der Waals surface area contributed by atoms with Crippen LogP contribution in [0.2, 0.25) is 0 Å². The lowest BCUT2D eigenvalue weighted by atomic mass is 10.1. The molecule has 8 nitrogen and oxygen atoms in total. The number of nitrogens with zero attached hydrogens (tertiary/aromatic N) is 4. The van der Waals surface area contributed by atoms with E-state index in [4.69, 9.17) is 0 Å². The number of benzene rings is 2. The summed E-state index contributed by atoms with van der Waals surface area (Å²) in [5.74, 6) is -0.653. The van der Waals surface area contributed by atoms with E-state index in [1.807, 2.05) is 0 Å². The van der Waals surface area contributed by atoms with E-state index in [1.54, 1.807) is 31.2 Å². The fraction of sp³-hybridized carbons (Fsp3) is 0.150. The van der Waals surface area contributed by atoms with Gasteiger partial charge in [0.15, 0.2) is 11.3 Å². The summed E-state index contributed by atoms with van der Waals surface area (Å²) < 4.78 is 41.8. The van der Waals surface area contributed by atoms with Crippen molar-refractivity contribution in [2.75, 3.05) is 5.32 Å². The van der Waals surface area contributed by atoms with Crippen LogP contribution in [0.25, 0.3) is 21.9 Å². The van der Waals surface area contributed by atoms with E-state index in [9.17, 15) is 28.1 Å². The number of alkyl halides is 3. The molecule has 2 heterocycles. The van der Waals surface area contributed by atoms with Crippen LogP contribution >= 0.6 is 0 Å². The minimum absolute atomic E-state index is 0.0534. The second kappa shape index (κ2) is 7.35. The summed E-state index contributed by atoms with van der Waals surface area (Å²) in [5, 5.41) is 17.3. The molecule has 0 bridgehead atoms. The third-order valence-electron chi connectivity index (χ3n) is 4.76. The molecule has 0 spiro atoms. The number of carbonyl (C=O) groups excluding carboxylic acids is 1. The first-order valence-electron chi connectivity index (χ1n) is 9.02. The molecular formula is C20H14F3N5O3. The molecule has 2 aromatic carbocycles. The molecule has 0 aliphatic heterocycles. The maximum Gasteiger partial charge on any atom is 0.435 e. The van der Waals surface area contributed by atoms with Crippen molar-refractivity contribution < 1.29 is 22.9 Å². The van der Waals surface area contributed by atoms with Gasteiger partial charge in [0, 0.05) is 23.2 Å². The first-order chi connectivity index (χ1) is 14.6. The number of pyridine rings is 1. The molecule has 0 radical (unpaired) electrons. The van der Waals surface area contributed by atoms with Crippen LogP contribution in [0.3, 0.4) is 0 Å². The summed E-state index contributed by atoms with van der Waals surface area (Å²) in [5.41, 5.74) is -0.202. The predicted molar refractivity (Wildman–Crippen MR) is 106 cm³/mol. The first kappa shape index (κ1) is 20.3. The van der Waals surface area contributed by atoms with Crippen LogP contribution < -0.4 is 5.32 Å². The Balaban J connectivity index is 1.73. The molecule has 0 aliphatic rings. The van der Waals surface area contributed by atoms with Gasteiger partial charge in [0.25, 0.3) is 5.69 Å². The van der Waals surface area contributed by atoms with Gasteiger partial charge in [-0.1, -0.05) is 18.2 Å². The van der Waals surface area contributed by atoms with Gasteiger partial charge in [-0.25, -0.2) is 9.67 Å². The molecule has 31 heavy (non-hydrogen) atoms. The summed E-state index contributed by atoms with van der Waals surface area (Å²) >= 11 is 0. The molecule has 4 aromatic rings. The van der Waals surface area contributed by atoms with Crippen LogP contribution in [0.15, 0.2) is 48.5 Å². The average molecular weight is 429 g/mol. The van der Waals surface area contributed by atoms with Crippen molar-refractivity contribution in [1.29, 1.82) is 0 Å².